The molecule has 1 spiro atoms. The van der Waals surface area contributed by atoms with Crippen LogP contribution in [-0.4, -0.2) is 23.4 Å². The Kier molecular flexibility index (Phi) is 2.27. The molecule has 2 aromatic carbocycles. The fraction of sp³-hybridized carbons (Fsp3) is 0.200. The number of hydrogen-bond acceptors (Lipinski definition) is 4. The molecule has 0 atom stereocenters. The number of rotatable bonds is 1. The van der Waals surface area contributed by atoms with Crippen molar-refractivity contribution in [2.45, 2.75) is 6.17 Å². The third-order valence-electron chi connectivity index (χ3n) is 4.50. The van der Waals surface area contributed by atoms with Crippen LogP contribution in [0.15, 0.2) is 54.6 Å². The van der Waals surface area contributed by atoms with Gasteiger partial charge >= 0.3 is 126 Å². The molecule has 4 rings (SSSR count). The first kappa shape index (κ1) is 13.9. The number of fused-ring (bicyclic) bond motifs is 1. The van der Waals surface area contributed by atoms with Crippen LogP contribution in [0.1, 0.15) is 11.7 Å². The van der Waals surface area contributed by atoms with Crippen LogP contribution in [0, 0.1) is 0 Å². The van der Waals surface area contributed by atoms with E-state index in [9.17, 15) is 0 Å². The first-order chi connectivity index (χ1) is 10.3. The number of para-hydroxylation sites is 2. The fourth-order valence-electron chi connectivity index (χ4n) is 3.20. The Morgan fingerprint density at radius 2 is 1.27 bits per heavy atom. The molecule has 2 aliphatic rings. The molecule has 2 aliphatic heterocycles. The van der Waals surface area contributed by atoms with Crippen molar-refractivity contribution in [3.63, 3.8) is 0 Å². The van der Waals surface area contributed by atoms with E-state index in [4.69, 9.17) is 9.05 Å². The second-order valence-corrected chi connectivity index (χ2v) is 9.59. The van der Waals surface area contributed by atoms with Gasteiger partial charge in [0.05, 0.1) is 0 Å². The molecule has 7 heteroatoms. The molecule has 2 heterocycles. The molecule has 0 aliphatic carbocycles. The van der Waals surface area contributed by atoms with Gasteiger partial charge in [0.1, 0.15) is 0 Å². The van der Waals surface area contributed by atoms with Crippen LogP contribution in [0.25, 0.3) is 0 Å². The number of halogens is 2. The summed E-state index contributed by atoms with van der Waals surface area (Å²) >= 11 is 0. The monoisotopic (exact) mass is 325 g/mol. The van der Waals surface area contributed by atoms with Crippen LogP contribution in [0.4, 0.5) is 8.39 Å². The van der Waals surface area contributed by atoms with E-state index in [1.54, 1.807) is 12.1 Å². The average Bonchev–Trinajstić information content (AvgIpc) is 2.80. The van der Waals surface area contributed by atoms with Crippen molar-refractivity contribution in [1.82, 2.24) is 9.34 Å². The molecule has 0 N–H and O–H groups in total. The minimum atomic E-state index is -6.67. The van der Waals surface area contributed by atoms with Gasteiger partial charge in [0, 0.05) is 0 Å². The van der Waals surface area contributed by atoms with Crippen LogP contribution in [-0.2, 0) is 0 Å². The van der Waals surface area contributed by atoms with E-state index in [2.05, 4.69) is 0 Å². The van der Waals surface area contributed by atoms with Gasteiger partial charge in [-0.25, -0.2) is 0 Å². The normalized spacial score (nSPS) is 30.6. The summed E-state index contributed by atoms with van der Waals surface area (Å²) in [6.07, 6.45) is -0.596. The van der Waals surface area contributed by atoms with Crippen LogP contribution in [0.3, 0.4) is 0 Å². The zero-order valence-corrected chi connectivity index (χ0v) is 13.1. The molecule has 118 valence electrons. The molecule has 0 radical (unpaired) electrons. The quantitative estimate of drug-likeness (QED) is 0.718. The summed E-state index contributed by atoms with van der Waals surface area (Å²) in [5, 5.41) is 0. The summed E-state index contributed by atoms with van der Waals surface area (Å²) in [6, 6.07) is 15.4. The van der Waals surface area contributed by atoms with Gasteiger partial charge in [0.2, 0.25) is 0 Å². The third kappa shape index (κ3) is 1.36. The van der Waals surface area contributed by atoms with E-state index in [-0.39, 0.29) is 11.5 Å². The second kappa shape index (κ2) is 3.59. The molecule has 1 fully saturated rings. The van der Waals surface area contributed by atoms with Crippen LogP contribution >= 0.6 is 7.32 Å². The molecule has 0 aromatic heterocycles. The Hall–Kier alpha value is -1.75. The van der Waals surface area contributed by atoms with Gasteiger partial charge < -0.3 is 0 Å². The van der Waals surface area contributed by atoms with Gasteiger partial charge in [-0.15, -0.1) is 0 Å². The maximum atomic E-state index is 15.9. The zero-order valence-electron chi connectivity index (χ0n) is 12.2. The Labute approximate surface area is 126 Å². The molecule has 0 saturated carbocycles. The van der Waals surface area contributed by atoms with Gasteiger partial charge in [-0.05, 0) is 0 Å². The van der Waals surface area contributed by atoms with E-state index >= 15 is 8.39 Å². The van der Waals surface area contributed by atoms with Crippen molar-refractivity contribution in [3.8, 4) is 11.5 Å². The Morgan fingerprint density at radius 1 is 0.818 bits per heavy atom. The van der Waals surface area contributed by atoms with E-state index in [0.717, 1.165) is 14.9 Å². The zero-order chi connectivity index (χ0) is 15.7. The predicted octanol–water partition coefficient (Wildman–Crippen LogP) is 4.55. The van der Waals surface area contributed by atoms with Gasteiger partial charge in [0.25, 0.3) is 0 Å². The molecule has 0 amide bonds. The van der Waals surface area contributed by atoms with Crippen LogP contribution in [0.5, 0.6) is 11.5 Å². The molecule has 22 heavy (non-hydrogen) atoms. The SMILES string of the molecule is CN1C(c2ccccc2)N(C)[P-]12(F)(F)Oc1ccccc1O2. The maximum absolute atomic E-state index is 15.9. The number of hydrogen-bond donors (Lipinski definition) is 0. The van der Waals surface area contributed by atoms with Gasteiger partial charge in [-0.3, -0.25) is 0 Å². The molecule has 1 saturated heterocycles. The third-order valence-corrected chi connectivity index (χ3v) is 8.63. The van der Waals surface area contributed by atoms with E-state index in [1.165, 1.54) is 26.2 Å². The Bertz CT molecular complexity index is 739. The fourth-order valence-corrected chi connectivity index (χ4v) is 6.61. The summed E-state index contributed by atoms with van der Waals surface area (Å²) in [6.45, 7) is 0. The van der Waals surface area contributed by atoms with Crippen molar-refractivity contribution >= 4 is 7.32 Å². The summed E-state index contributed by atoms with van der Waals surface area (Å²) in [4.78, 5) is 0. The summed E-state index contributed by atoms with van der Waals surface area (Å²) in [5.41, 5.74) is 0.766. The first-order valence-corrected chi connectivity index (χ1v) is 9.16. The summed E-state index contributed by atoms with van der Waals surface area (Å²) < 4.78 is 44.1. The van der Waals surface area contributed by atoms with Crippen molar-refractivity contribution in [1.29, 1.82) is 0 Å². The van der Waals surface area contributed by atoms with Gasteiger partial charge in [-0.1, -0.05) is 0 Å². The summed E-state index contributed by atoms with van der Waals surface area (Å²) in [5.74, 6) is 0.154. The molecule has 0 bridgehead atoms. The first-order valence-electron chi connectivity index (χ1n) is 6.95. The second-order valence-electron chi connectivity index (χ2n) is 5.69. The molecular formula is C15H16F2N2O2P-. The number of benzene rings is 2. The molecule has 2 aromatic rings. The van der Waals surface area contributed by atoms with Crippen molar-refractivity contribution in [2.24, 2.45) is 0 Å². The van der Waals surface area contributed by atoms with Gasteiger partial charge in [0.15, 0.2) is 0 Å². The van der Waals surface area contributed by atoms with Crippen molar-refractivity contribution < 1.29 is 17.4 Å². The molecular weight excluding hydrogens is 309 g/mol. The van der Waals surface area contributed by atoms with Crippen molar-refractivity contribution in [3.05, 3.63) is 60.2 Å². The topological polar surface area (TPSA) is 24.9 Å². The van der Waals surface area contributed by atoms with Crippen LogP contribution in [0.2, 0.25) is 0 Å². The predicted molar refractivity (Wildman–Crippen MR) is 81.5 cm³/mol. The Morgan fingerprint density at radius 3 is 1.77 bits per heavy atom. The summed E-state index contributed by atoms with van der Waals surface area (Å²) in [7, 11) is -3.98. The van der Waals surface area contributed by atoms with Crippen molar-refractivity contribution in [2.75, 3.05) is 14.1 Å². The Balaban J connectivity index is 1.80. The van der Waals surface area contributed by atoms with E-state index < -0.39 is 13.5 Å². The van der Waals surface area contributed by atoms with Crippen LogP contribution < -0.4 is 9.05 Å². The average molecular weight is 325 g/mol. The molecule has 4 nitrogen and oxygen atoms in total. The van der Waals surface area contributed by atoms with E-state index in [0.29, 0.717) is 0 Å². The standard InChI is InChI=1S/C15H16F2N2O2P/c1-18-15(12-8-4-3-5-9-12)19(2)22(18,16,17)20-13-10-6-7-11-14(13)21-22/h3-11,15H,1-2H3/q-1. The minimum absolute atomic E-state index is 0.0771. The molecule has 0 unspecified atom stereocenters. The van der Waals surface area contributed by atoms with Gasteiger partial charge in [-0.2, -0.15) is 0 Å². The van der Waals surface area contributed by atoms with E-state index in [1.807, 2.05) is 30.3 Å². The number of nitrogens with zero attached hydrogens (tertiary/aromatic N) is 2.